The summed E-state index contributed by atoms with van der Waals surface area (Å²) >= 11 is 6.01. The first-order chi connectivity index (χ1) is 12.0. The fraction of sp³-hybridized carbons (Fsp3) is 0.125. The van der Waals surface area contributed by atoms with Crippen LogP contribution in [-0.4, -0.2) is 22.6 Å². The molecule has 1 heterocycles. The van der Waals surface area contributed by atoms with Gasteiger partial charge in [-0.25, -0.2) is 0 Å². The lowest BCUT2D eigenvalue weighted by molar-refractivity contribution is -0.384. The van der Waals surface area contributed by atoms with Crippen molar-refractivity contribution in [2.75, 3.05) is 5.01 Å². The molecule has 0 aliphatic carbocycles. The van der Waals surface area contributed by atoms with E-state index in [0.717, 1.165) is 5.01 Å². The Bertz CT molecular complexity index is 895. The third-order valence-corrected chi connectivity index (χ3v) is 3.85. The minimum absolute atomic E-state index is 0.0638. The molecule has 0 fully saturated rings. The summed E-state index contributed by atoms with van der Waals surface area (Å²) in [5, 5.41) is 24.6. The number of hydrogen-bond acceptors (Lipinski definition) is 6. The first kappa shape index (κ1) is 16.7. The number of carbonyl (C=O) groups excluding carboxylic acids is 1. The molecule has 0 aromatic heterocycles. The predicted octanol–water partition coefficient (Wildman–Crippen LogP) is 4.12. The lowest BCUT2D eigenvalue weighted by Gasteiger charge is -2.12. The summed E-state index contributed by atoms with van der Waals surface area (Å²) in [5.74, 6) is -0.387. The fourth-order valence-corrected chi connectivity index (χ4v) is 2.42. The van der Waals surface area contributed by atoms with Gasteiger partial charge >= 0.3 is 0 Å². The topological polar surface area (TPSA) is 101 Å². The number of rotatable bonds is 4. The second-order valence-electron chi connectivity index (χ2n) is 5.23. The highest BCUT2D eigenvalue weighted by Crippen LogP contribution is 2.27. The zero-order chi connectivity index (χ0) is 18.0. The number of nitro groups is 1. The Hall–Kier alpha value is -3.13. The van der Waals surface area contributed by atoms with Crippen molar-refractivity contribution in [1.82, 2.24) is 0 Å². The van der Waals surface area contributed by atoms with E-state index in [1.165, 1.54) is 24.3 Å². The Morgan fingerprint density at radius 3 is 2.52 bits per heavy atom. The summed E-state index contributed by atoms with van der Waals surface area (Å²) in [5.41, 5.74) is 1.29. The highest BCUT2D eigenvalue weighted by molar-refractivity contribution is 6.32. The Balaban J connectivity index is 1.81. The van der Waals surface area contributed by atoms with E-state index in [9.17, 15) is 14.9 Å². The highest BCUT2D eigenvalue weighted by Gasteiger charge is 2.34. The van der Waals surface area contributed by atoms with E-state index in [-0.39, 0.29) is 11.6 Å². The number of benzene rings is 2. The molecule has 1 atom stereocenters. The minimum Gasteiger partial charge on any atom is -0.269 e. The summed E-state index contributed by atoms with van der Waals surface area (Å²) in [7, 11) is 0. The normalized spacial score (nSPS) is 17.2. The Morgan fingerprint density at radius 1 is 1.20 bits per heavy atom. The molecular weight excluding hydrogens is 346 g/mol. The van der Waals surface area contributed by atoms with Crippen molar-refractivity contribution in [2.24, 2.45) is 15.3 Å². The molecule has 9 heteroatoms. The van der Waals surface area contributed by atoms with Gasteiger partial charge in [0.15, 0.2) is 6.04 Å². The molecule has 3 rings (SSSR count). The average Bonchev–Trinajstić information content (AvgIpc) is 2.89. The zero-order valence-electron chi connectivity index (χ0n) is 13.0. The maximum atomic E-state index is 12.5. The molecule has 8 nitrogen and oxygen atoms in total. The molecule has 2 aromatic rings. The number of non-ortho nitro benzene ring substituents is 1. The van der Waals surface area contributed by atoms with Crippen molar-refractivity contribution >= 4 is 40.3 Å². The number of nitro benzene ring substituents is 1. The van der Waals surface area contributed by atoms with Crippen LogP contribution < -0.4 is 5.01 Å². The van der Waals surface area contributed by atoms with Gasteiger partial charge < -0.3 is 0 Å². The average molecular weight is 358 g/mol. The van der Waals surface area contributed by atoms with Crippen molar-refractivity contribution in [3.63, 3.8) is 0 Å². The van der Waals surface area contributed by atoms with Crippen LogP contribution in [0, 0.1) is 10.1 Å². The molecule has 0 bridgehead atoms. The van der Waals surface area contributed by atoms with Crippen LogP contribution >= 0.6 is 11.6 Å². The number of hydrogen-bond donors (Lipinski definition) is 0. The van der Waals surface area contributed by atoms with E-state index in [1.807, 2.05) is 0 Å². The molecule has 2 aromatic carbocycles. The van der Waals surface area contributed by atoms with Crippen LogP contribution in [0.5, 0.6) is 0 Å². The number of amides is 1. The minimum atomic E-state index is -0.855. The van der Waals surface area contributed by atoms with Gasteiger partial charge in [-0.05, 0) is 31.2 Å². The van der Waals surface area contributed by atoms with Gasteiger partial charge in [-0.3, -0.25) is 14.9 Å². The smallest absolute Gasteiger partial charge is 0.269 e. The molecule has 1 aliphatic heterocycles. The first-order valence-electron chi connectivity index (χ1n) is 7.26. The maximum absolute atomic E-state index is 12.5. The predicted molar refractivity (Wildman–Crippen MR) is 93.4 cm³/mol. The highest BCUT2D eigenvalue weighted by atomic mass is 35.5. The summed E-state index contributed by atoms with van der Waals surface area (Å²) in [6.07, 6.45) is 0. The number of carbonyl (C=O) groups is 1. The molecule has 1 unspecified atom stereocenters. The molecule has 0 radical (unpaired) electrons. The van der Waals surface area contributed by atoms with Gasteiger partial charge in [-0.2, -0.15) is 20.3 Å². The van der Waals surface area contributed by atoms with Crippen LogP contribution in [0.1, 0.15) is 6.92 Å². The van der Waals surface area contributed by atoms with E-state index < -0.39 is 11.0 Å². The molecular formula is C16H12ClN5O3. The molecule has 0 saturated heterocycles. The van der Waals surface area contributed by atoms with Crippen LogP contribution in [0.25, 0.3) is 0 Å². The SMILES string of the molecule is CC1=NN(c2ccc([N+](=O)[O-])cc2)C(=O)C1N=Nc1ccccc1Cl. The van der Waals surface area contributed by atoms with E-state index in [0.29, 0.717) is 22.1 Å². The number of nitrogens with zero attached hydrogens (tertiary/aromatic N) is 5. The number of anilines is 1. The van der Waals surface area contributed by atoms with Gasteiger partial charge in [-0.1, -0.05) is 23.7 Å². The van der Waals surface area contributed by atoms with Gasteiger partial charge in [0.25, 0.3) is 11.6 Å². The molecule has 1 aliphatic rings. The third-order valence-electron chi connectivity index (χ3n) is 3.53. The van der Waals surface area contributed by atoms with Gasteiger partial charge in [0.05, 0.1) is 21.3 Å². The van der Waals surface area contributed by atoms with Gasteiger partial charge in [0, 0.05) is 12.1 Å². The van der Waals surface area contributed by atoms with Gasteiger partial charge in [0.2, 0.25) is 0 Å². The molecule has 0 saturated carbocycles. The fourth-order valence-electron chi connectivity index (χ4n) is 2.24. The lowest BCUT2D eigenvalue weighted by atomic mass is 10.2. The summed E-state index contributed by atoms with van der Waals surface area (Å²) in [4.78, 5) is 22.7. The van der Waals surface area contributed by atoms with Crippen LogP contribution in [0.15, 0.2) is 63.9 Å². The van der Waals surface area contributed by atoms with Crippen molar-refractivity contribution in [2.45, 2.75) is 13.0 Å². The zero-order valence-corrected chi connectivity index (χ0v) is 13.8. The Kier molecular flexibility index (Phi) is 4.53. The second-order valence-corrected chi connectivity index (χ2v) is 5.64. The molecule has 25 heavy (non-hydrogen) atoms. The standard InChI is InChI=1S/C16H12ClN5O3/c1-10-15(19-18-14-5-3-2-4-13(14)17)16(23)21(20-10)11-6-8-12(9-7-11)22(24)25/h2-9,15H,1H3. The van der Waals surface area contributed by atoms with E-state index in [2.05, 4.69) is 15.3 Å². The van der Waals surface area contributed by atoms with E-state index >= 15 is 0 Å². The molecule has 1 amide bonds. The molecule has 0 N–H and O–H groups in total. The van der Waals surface area contributed by atoms with Crippen molar-refractivity contribution in [3.05, 3.63) is 63.7 Å². The van der Waals surface area contributed by atoms with Gasteiger partial charge in [0.1, 0.15) is 5.69 Å². The van der Waals surface area contributed by atoms with Crippen LogP contribution in [0.2, 0.25) is 5.02 Å². The lowest BCUT2D eigenvalue weighted by Crippen LogP contribution is -2.29. The maximum Gasteiger partial charge on any atom is 0.280 e. The Labute approximate surface area is 147 Å². The van der Waals surface area contributed by atoms with Crippen LogP contribution in [0.3, 0.4) is 0 Å². The number of halogens is 1. The summed E-state index contributed by atoms with van der Waals surface area (Å²) in [6.45, 7) is 1.67. The van der Waals surface area contributed by atoms with E-state index in [1.54, 1.807) is 31.2 Å². The van der Waals surface area contributed by atoms with Crippen molar-refractivity contribution < 1.29 is 9.72 Å². The quantitative estimate of drug-likeness (QED) is 0.467. The van der Waals surface area contributed by atoms with E-state index in [4.69, 9.17) is 11.6 Å². The van der Waals surface area contributed by atoms with Crippen molar-refractivity contribution in [1.29, 1.82) is 0 Å². The van der Waals surface area contributed by atoms with Gasteiger partial charge in [-0.15, -0.1) is 0 Å². The monoisotopic (exact) mass is 357 g/mol. The Morgan fingerprint density at radius 2 is 1.88 bits per heavy atom. The van der Waals surface area contributed by atoms with Crippen molar-refractivity contribution in [3.8, 4) is 0 Å². The van der Waals surface area contributed by atoms with Crippen LogP contribution in [-0.2, 0) is 4.79 Å². The third kappa shape index (κ3) is 3.38. The number of hydrazone groups is 1. The summed E-state index contributed by atoms with van der Waals surface area (Å²) in [6, 6.07) is 11.6. The largest absolute Gasteiger partial charge is 0.280 e. The first-order valence-corrected chi connectivity index (χ1v) is 7.64. The summed E-state index contributed by atoms with van der Waals surface area (Å²) < 4.78 is 0. The van der Waals surface area contributed by atoms with Crippen LogP contribution in [0.4, 0.5) is 17.1 Å². The molecule has 126 valence electrons. The number of azo groups is 1. The second kappa shape index (κ2) is 6.78. The molecule has 0 spiro atoms.